The summed E-state index contributed by atoms with van der Waals surface area (Å²) in [6, 6.07) is 12.7. The maximum Gasteiger partial charge on any atom is 0.256 e. The second-order valence-electron chi connectivity index (χ2n) is 4.63. The highest BCUT2D eigenvalue weighted by atomic mass is 16.1. The van der Waals surface area contributed by atoms with Gasteiger partial charge in [-0.3, -0.25) is 4.79 Å². The molecule has 0 saturated heterocycles. The van der Waals surface area contributed by atoms with Gasteiger partial charge in [-0.1, -0.05) is 18.2 Å². The third-order valence-corrected chi connectivity index (χ3v) is 3.12. The van der Waals surface area contributed by atoms with E-state index in [4.69, 9.17) is 5.73 Å². The van der Waals surface area contributed by atoms with Gasteiger partial charge in [-0.15, -0.1) is 0 Å². The second kappa shape index (κ2) is 4.70. The van der Waals surface area contributed by atoms with Crippen molar-refractivity contribution in [3.05, 3.63) is 53.6 Å². The highest BCUT2D eigenvalue weighted by Crippen LogP contribution is 2.21. The lowest BCUT2D eigenvalue weighted by molar-refractivity contribution is 0.102. The molecule has 3 rings (SSSR count). The van der Waals surface area contributed by atoms with E-state index in [1.165, 1.54) is 0 Å². The second-order valence-corrected chi connectivity index (χ2v) is 4.63. The fraction of sp³-hybridized carbons (Fsp3) is 0.0667. The minimum Gasteiger partial charge on any atom is -0.383 e. The topological polar surface area (TPSA) is 83.8 Å². The van der Waals surface area contributed by atoms with E-state index in [9.17, 15) is 4.79 Å². The summed E-state index contributed by atoms with van der Waals surface area (Å²) >= 11 is 0. The number of nitrogens with two attached hydrogens (primary N) is 1. The molecule has 2 heterocycles. The Kier molecular flexibility index (Phi) is 2.87. The van der Waals surface area contributed by atoms with Gasteiger partial charge in [0.2, 0.25) is 0 Å². The van der Waals surface area contributed by atoms with Crippen LogP contribution in [0.15, 0.2) is 42.5 Å². The zero-order valence-electron chi connectivity index (χ0n) is 11.0. The molecule has 0 unspecified atom stereocenters. The number of nitrogen functional groups attached to an aromatic ring is 1. The summed E-state index contributed by atoms with van der Waals surface area (Å²) in [4.78, 5) is 19.4. The molecule has 5 nitrogen and oxygen atoms in total. The number of nitrogens with zero attached hydrogens (tertiary/aromatic N) is 1. The fourth-order valence-electron chi connectivity index (χ4n) is 2.02. The van der Waals surface area contributed by atoms with Gasteiger partial charge in [0.1, 0.15) is 11.6 Å². The van der Waals surface area contributed by atoms with Crippen LogP contribution in [0.5, 0.6) is 0 Å². The number of rotatable bonds is 2. The number of H-pyrrole nitrogens is 1. The van der Waals surface area contributed by atoms with E-state index >= 15 is 0 Å². The average Bonchev–Trinajstić information content (AvgIpc) is 2.81. The SMILES string of the molecule is Cc1cc2[nH]c(NC(=O)c3ccccc3)cc2nc1N. The molecule has 2 aromatic heterocycles. The van der Waals surface area contributed by atoms with E-state index in [0.717, 1.165) is 16.6 Å². The molecule has 5 heteroatoms. The maximum atomic E-state index is 12.0. The van der Waals surface area contributed by atoms with Crippen molar-refractivity contribution in [1.82, 2.24) is 9.97 Å². The Hall–Kier alpha value is -2.82. The van der Waals surface area contributed by atoms with Gasteiger partial charge < -0.3 is 16.0 Å². The van der Waals surface area contributed by atoms with Crippen LogP contribution in [0, 0.1) is 6.92 Å². The summed E-state index contributed by atoms with van der Waals surface area (Å²) < 4.78 is 0. The lowest BCUT2D eigenvalue weighted by Gasteiger charge is -2.01. The molecule has 0 aliphatic rings. The van der Waals surface area contributed by atoms with Gasteiger partial charge in [0.25, 0.3) is 5.91 Å². The van der Waals surface area contributed by atoms with Crippen LogP contribution in [-0.2, 0) is 0 Å². The first-order valence-corrected chi connectivity index (χ1v) is 6.26. The van der Waals surface area contributed by atoms with E-state index in [1.54, 1.807) is 18.2 Å². The van der Waals surface area contributed by atoms with Crippen LogP contribution < -0.4 is 11.1 Å². The van der Waals surface area contributed by atoms with Crippen LogP contribution in [0.25, 0.3) is 11.0 Å². The molecular formula is C15H14N4O. The number of benzene rings is 1. The Balaban J connectivity index is 1.90. The van der Waals surface area contributed by atoms with Crippen LogP contribution in [0.4, 0.5) is 11.6 Å². The van der Waals surface area contributed by atoms with Crippen molar-refractivity contribution in [3.8, 4) is 0 Å². The number of amides is 1. The molecule has 1 amide bonds. The van der Waals surface area contributed by atoms with Gasteiger partial charge in [-0.25, -0.2) is 4.98 Å². The molecule has 0 radical (unpaired) electrons. The molecule has 4 N–H and O–H groups in total. The third-order valence-electron chi connectivity index (χ3n) is 3.12. The molecule has 0 aliphatic carbocycles. The van der Waals surface area contributed by atoms with Crippen molar-refractivity contribution in [2.45, 2.75) is 6.92 Å². The summed E-state index contributed by atoms with van der Waals surface area (Å²) in [5.74, 6) is 0.936. The molecule has 0 fully saturated rings. The predicted octanol–water partition coefficient (Wildman–Crippen LogP) is 2.71. The van der Waals surface area contributed by atoms with Crippen LogP contribution in [0.1, 0.15) is 15.9 Å². The number of carbonyl (C=O) groups excluding carboxylic acids is 1. The van der Waals surface area contributed by atoms with E-state index in [2.05, 4.69) is 15.3 Å². The van der Waals surface area contributed by atoms with Crippen LogP contribution >= 0.6 is 0 Å². The van der Waals surface area contributed by atoms with E-state index in [-0.39, 0.29) is 5.91 Å². The molecule has 1 aromatic carbocycles. The molecule has 0 aliphatic heterocycles. The number of anilines is 2. The molecule has 100 valence electrons. The minimum atomic E-state index is -0.165. The normalized spacial score (nSPS) is 10.7. The van der Waals surface area contributed by atoms with Crippen molar-refractivity contribution in [2.75, 3.05) is 11.1 Å². The van der Waals surface area contributed by atoms with Crippen molar-refractivity contribution in [2.24, 2.45) is 0 Å². The number of fused-ring (bicyclic) bond motifs is 1. The number of pyridine rings is 1. The van der Waals surface area contributed by atoms with Crippen molar-refractivity contribution in [1.29, 1.82) is 0 Å². The van der Waals surface area contributed by atoms with Crippen molar-refractivity contribution in [3.63, 3.8) is 0 Å². The Bertz CT molecular complexity index is 738. The molecule has 0 spiro atoms. The summed E-state index contributed by atoms with van der Waals surface area (Å²) in [7, 11) is 0. The highest BCUT2D eigenvalue weighted by molar-refractivity contribution is 6.04. The summed E-state index contributed by atoms with van der Waals surface area (Å²) in [6.45, 7) is 1.89. The van der Waals surface area contributed by atoms with Gasteiger partial charge in [0.15, 0.2) is 0 Å². The molecule has 0 bridgehead atoms. The first kappa shape index (κ1) is 12.2. The van der Waals surface area contributed by atoms with Gasteiger partial charge in [0.05, 0.1) is 11.0 Å². The fourth-order valence-corrected chi connectivity index (χ4v) is 2.02. The number of nitrogens with one attached hydrogen (secondary N) is 2. The first-order chi connectivity index (χ1) is 9.63. The molecule has 3 aromatic rings. The number of aromatic amines is 1. The number of aryl methyl sites for hydroxylation is 1. The number of aromatic nitrogens is 2. The van der Waals surface area contributed by atoms with E-state index in [1.807, 2.05) is 31.2 Å². The molecule has 20 heavy (non-hydrogen) atoms. The lowest BCUT2D eigenvalue weighted by atomic mass is 10.2. The molecular weight excluding hydrogens is 252 g/mol. The quantitative estimate of drug-likeness (QED) is 0.666. The number of hydrogen-bond donors (Lipinski definition) is 3. The third kappa shape index (κ3) is 2.21. The monoisotopic (exact) mass is 266 g/mol. The predicted molar refractivity (Wildman–Crippen MR) is 79.6 cm³/mol. The first-order valence-electron chi connectivity index (χ1n) is 6.26. The summed E-state index contributed by atoms with van der Waals surface area (Å²) in [6.07, 6.45) is 0. The van der Waals surface area contributed by atoms with Crippen molar-refractivity contribution < 1.29 is 4.79 Å². The minimum absolute atomic E-state index is 0.165. The number of hydrogen-bond acceptors (Lipinski definition) is 3. The largest absolute Gasteiger partial charge is 0.383 e. The molecule has 0 atom stereocenters. The molecule has 0 saturated carbocycles. The maximum absolute atomic E-state index is 12.0. The standard InChI is InChI=1S/C15H14N4O/c1-9-7-11-12(18-14(9)16)8-13(17-11)19-15(20)10-5-3-2-4-6-10/h2-8,17H,1H3,(H2,16,18)(H,19,20). The van der Waals surface area contributed by atoms with Gasteiger partial charge in [-0.2, -0.15) is 0 Å². The summed E-state index contributed by atoms with van der Waals surface area (Å²) in [5.41, 5.74) is 8.86. The smallest absolute Gasteiger partial charge is 0.256 e. The Morgan fingerprint density at radius 1 is 1.25 bits per heavy atom. The van der Waals surface area contributed by atoms with Crippen molar-refractivity contribution >= 4 is 28.6 Å². The Morgan fingerprint density at radius 2 is 2.00 bits per heavy atom. The van der Waals surface area contributed by atoms with Crippen LogP contribution in [0.2, 0.25) is 0 Å². The van der Waals surface area contributed by atoms with Crippen LogP contribution in [0.3, 0.4) is 0 Å². The van der Waals surface area contributed by atoms with E-state index in [0.29, 0.717) is 17.2 Å². The Morgan fingerprint density at radius 3 is 2.75 bits per heavy atom. The van der Waals surface area contributed by atoms with E-state index < -0.39 is 0 Å². The highest BCUT2D eigenvalue weighted by Gasteiger charge is 2.09. The Labute approximate surface area is 115 Å². The zero-order valence-corrected chi connectivity index (χ0v) is 11.0. The lowest BCUT2D eigenvalue weighted by Crippen LogP contribution is -2.11. The number of carbonyl (C=O) groups is 1. The average molecular weight is 266 g/mol. The summed E-state index contributed by atoms with van der Waals surface area (Å²) in [5, 5.41) is 2.81. The zero-order chi connectivity index (χ0) is 14.1. The van der Waals surface area contributed by atoms with Gasteiger partial charge >= 0.3 is 0 Å². The van der Waals surface area contributed by atoms with Crippen LogP contribution in [-0.4, -0.2) is 15.9 Å². The van der Waals surface area contributed by atoms with Gasteiger partial charge in [0, 0.05) is 11.6 Å². The van der Waals surface area contributed by atoms with Gasteiger partial charge in [-0.05, 0) is 30.7 Å².